The average molecular weight is 369 g/mol. The Morgan fingerprint density at radius 1 is 1.36 bits per heavy atom. The number of benzene rings is 1. The van der Waals surface area contributed by atoms with Gasteiger partial charge in [-0.05, 0) is 46.6 Å². The maximum absolute atomic E-state index is 12.8. The molecule has 0 unspecified atom stereocenters. The Bertz CT molecular complexity index is 670. The van der Waals surface area contributed by atoms with Crippen molar-refractivity contribution < 1.29 is 18.7 Å². The van der Waals surface area contributed by atoms with E-state index in [1.54, 1.807) is 24.4 Å². The van der Waals surface area contributed by atoms with Gasteiger partial charge in [-0.25, -0.2) is 9.18 Å². The van der Waals surface area contributed by atoms with Gasteiger partial charge < -0.3 is 15.0 Å². The van der Waals surface area contributed by atoms with E-state index in [4.69, 9.17) is 4.74 Å². The highest BCUT2D eigenvalue weighted by Gasteiger charge is 2.19. The molecule has 0 aliphatic rings. The summed E-state index contributed by atoms with van der Waals surface area (Å²) in [6.07, 6.45) is 0.658. The lowest BCUT2D eigenvalue weighted by molar-refractivity contribution is -0.129. The third-order valence-corrected chi connectivity index (χ3v) is 3.36. The standard InChI is InChI=1S/C15H14BrFN2O3/c1-9(22-15(21)13-6-11(16)8-18-13)14(20)19-7-10-2-4-12(17)5-3-10/h2-6,8-9,18H,7H2,1H3,(H,19,20)/t9-/m1/s1. The van der Waals surface area contributed by atoms with Gasteiger partial charge in [-0.1, -0.05) is 12.1 Å². The summed E-state index contributed by atoms with van der Waals surface area (Å²) in [7, 11) is 0. The predicted octanol–water partition coefficient (Wildman–Crippen LogP) is 2.78. The maximum atomic E-state index is 12.8. The van der Waals surface area contributed by atoms with E-state index in [0.717, 1.165) is 5.56 Å². The van der Waals surface area contributed by atoms with Crippen LogP contribution in [0, 0.1) is 5.82 Å². The van der Waals surface area contributed by atoms with Gasteiger partial charge in [0, 0.05) is 17.2 Å². The van der Waals surface area contributed by atoms with Gasteiger partial charge >= 0.3 is 5.97 Å². The number of ether oxygens (including phenoxy) is 1. The van der Waals surface area contributed by atoms with Crippen LogP contribution in [0.2, 0.25) is 0 Å². The van der Waals surface area contributed by atoms with Crippen LogP contribution in [0.15, 0.2) is 41.0 Å². The summed E-state index contributed by atoms with van der Waals surface area (Å²) in [6.45, 7) is 1.71. The van der Waals surface area contributed by atoms with Crippen molar-refractivity contribution in [2.45, 2.75) is 19.6 Å². The van der Waals surface area contributed by atoms with Gasteiger partial charge in [-0.3, -0.25) is 4.79 Å². The van der Waals surface area contributed by atoms with Crippen LogP contribution in [0.3, 0.4) is 0 Å². The summed E-state index contributed by atoms with van der Waals surface area (Å²) in [4.78, 5) is 26.4. The zero-order chi connectivity index (χ0) is 16.1. The van der Waals surface area contributed by atoms with Crippen molar-refractivity contribution in [3.05, 3.63) is 58.1 Å². The Hall–Kier alpha value is -2.15. The monoisotopic (exact) mass is 368 g/mol. The highest BCUT2D eigenvalue weighted by Crippen LogP contribution is 2.12. The number of carbonyl (C=O) groups excluding carboxylic acids is 2. The van der Waals surface area contributed by atoms with Crippen LogP contribution in [0.25, 0.3) is 0 Å². The molecule has 0 aliphatic carbocycles. The Morgan fingerprint density at radius 2 is 2.05 bits per heavy atom. The normalized spacial score (nSPS) is 11.8. The minimum Gasteiger partial charge on any atom is -0.448 e. The Morgan fingerprint density at radius 3 is 2.64 bits per heavy atom. The van der Waals surface area contributed by atoms with E-state index < -0.39 is 18.0 Å². The lowest BCUT2D eigenvalue weighted by Gasteiger charge is -2.13. The second-order valence-corrected chi connectivity index (χ2v) is 5.54. The summed E-state index contributed by atoms with van der Waals surface area (Å²) in [6, 6.07) is 7.33. The van der Waals surface area contributed by atoms with Crippen molar-refractivity contribution >= 4 is 27.8 Å². The van der Waals surface area contributed by atoms with Crippen LogP contribution >= 0.6 is 15.9 Å². The third kappa shape index (κ3) is 4.42. The number of hydrogen-bond acceptors (Lipinski definition) is 3. The molecule has 0 aliphatic heterocycles. The zero-order valence-corrected chi connectivity index (χ0v) is 13.3. The quantitative estimate of drug-likeness (QED) is 0.797. The first-order valence-corrected chi connectivity index (χ1v) is 7.32. The van der Waals surface area contributed by atoms with Gasteiger partial charge in [0.15, 0.2) is 6.10 Å². The molecule has 2 N–H and O–H groups in total. The third-order valence-electron chi connectivity index (χ3n) is 2.90. The van der Waals surface area contributed by atoms with E-state index in [0.29, 0.717) is 4.47 Å². The number of hydrogen-bond donors (Lipinski definition) is 2. The molecular weight excluding hydrogens is 355 g/mol. The highest BCUT2D eigenvalue weighted by molar-refractivity contribution is 9.10. The summed E-state index contributed by atoms with van der Waals surface area (Å²) in [5.74, 6) is -1.38. The Kier molecular flexibility index (Phi) is 5.32. The zero-order valence-electron chi connectivity index (χ0n) is 11.7. The molecule has 2 aromatic rings. The molecule has 7 heteroatoms. The summed E-state index contributed by atoms with van der Waals surface area (Å²) in [5.41, 5.74) is 1.01. The van der Waals surface area contributed by atoms with Gasteiger partial charge in [0.05, 0.1) is 0 Å². The lowest BCUT2D eigenvalue weighted by atomic mass is 10.2. The molecule has 1 amide bonds. The van der Waals surface area contributed by atoms with E-state index in [1.807, 2.05) is 0 Å². The number of H-pyrrole nitrogens is 1. The van der Waals surface area contributed by atoms with E-state index in [9.17, 15) is 14.0 Å². The molecule has 1 aromatic carbocycles. The Labute approximate surface area is 135 Å². The van der Waals surface area contributed by atoms with Crippen molar-refractivity contribution in [2.24, 2.45) is 0 Å². The number of aromatic amines is 1. The van der Waals surface area contributed by atoms with Crippen molar-refractivity contribution in [1.82, 2.24) is 10.3 Å². The molecule has 22 heavy (non-hydrogen) atoms. The van der Waals surface area contributed by atoms with E-state index in [1.165, 1.54) is 19.1 Å². The molecule has 2 rings (SSSR count). The fourth-order valence-corrected chi connectivity index (χ4v) is 2.04. The largest absolute Gasteiger partial charge is 0.448 e. The highest BCUT2D eigenvalue weighted by atomic mass is 79.9. The van der Waals surface area contributed by atoms with Crippen LogP contribution in [-0.4, -0.2) is 23.0 Å². The van der Waals surface area contributed by atoms with E-state index in [2.05, 4.69) is 26.2 Å². The summed E-state index contributed by atoms with van der Waals surface area (Å²) >= 11 is 3.21. The molecule has 0 fully saturated rings. The average Bonchev–Trinajstić information content (AvgIpc) is 2.93. The minimum absolute atomic E-state index is 0.231. The molecule has 1 aromatic heterocycles. The molecule has 1 heterocycles. The van der Waals surface area contributed by atoms with Crippen LogP contribution < -0.4 is 5.32 Å². The first-order valence-electron chi connectivity index (χ1n) is 6.53. The van der Waals surface area contributed by atoms with E-state index in [-0.39, 0.29) is 18.1 Å². The fraction of sp³-hybridized carbons (Fsp3) is 0.200. The van der Waals surface area contributed by atoms with Gasteiger partial charge in [-0.2, -0.15) is 0 Å². The molecule has 0 saturated carbocycles. The number of aromatic nitrogens is 1. The van der Waals surface area contributed by atoms with Crippen molar-refractivity contribution in [2.75, 3.05) is 0 Å². The molecule has 0 bridgehead atoms. The number of nitrogens with one attached hydrogen (secondary N) is 2. The van der Waals surface area contributed by atoms with Crippen LogP contribution in [0.5, 0.6) is 0 Å². The van der Waals surface area contributed by atoms with Crippen LogP contribution in [-0.2, 0) is 16.1 Å². The lowest BCUT2D eigenvalue weighted by Crippen LogP contribution is -2.35. The van der Waals surface area contributed by atoms with Gasteiger partial charge in [-0.15, -0.1) is 0 Å². The smallest absolute Gasteiger partial charge is 0.355 e. The second kappa shape index (κ2) is 7.22. The minimum atomic E-state index is -0.935. The second-order valence-electron chi connectivity index (χ2n) is 4.62. The molecule has 0 saturated heterocycles. The number of carbonyl (C=O) groups is 2. The van der Waals surface area contributed by atoms with Gasteiger partial charge in [0.25, 0.3) is 5.91 Å². The predicted molar refractivity (Wildman–Crippen MR) is 81.6 cm³/mol. The topological polar surface area (TPSA) is 71.2 Å². The summed E-state index contributed by atoms with van der Waals surface area (Å²) < 4.78 is 18.5. The van der Waals surface area contributed by atoms with E-state index >= 15 is 0 Å². The van der Waals surface area contributed by atoms with Gasteiger partial charge in [0.1, 0.15) is 11.5 Å². The fourth-order valence-electron chi connectivity index (χ4n) is 1.70. The molecule has 0 radical (unpaired) electrons. The van der Waals surface area contributed by atoms with Crippen molar-refractivity contribution in [3.63, 3.8) is 0 Å². The maximum Gasteiger partial charge on any atom is 0.355 e. The first-order chi connectivity index (χ1) is 10.5. The molecular formula is C15H14BrFN2O3. The summed E-state index contributed by atoms with van der Waals surface area (Å²) in [5, 5.41) is 2.62. The van der Waals surface area contributed by atoms with Crippen LogP contribution in [0.4, 0.5) is 4.39 Å². The molecule has 116 valence electrons. The number of halogens is 2. The molecule has 1 atom stereocenters. The molecule has 0 spiro atoms. The van der Waals surface area contributed by atoms with Crippen LogP contribution in [0.1, 0.15) is 23.0 Å². The Balaban J connectivity index is 1.84. The SMILES string of the molecule is C[C@@H](OC(=O)c1cc(Br)c[nH]1)C(=O)NCc1ccc(F)cc1. The first kappa shape index (κ1) is 16.2. The molecule has 5 nitrogen and oxygen atoms in total. The van der Waals surface area contributed by atoms with Crippen molar-refractivity contribution in [1.29, 1.82) is 0 Å². The number of esters is 1. The van der Waals surface area contributed by atoms with Crippen molar-refractivity contribution in [3.8, 4) is 0 Å². The number of rotatable bonds is 5. The van der Waals surface area contributed by atoms with Gasteiger partial charge in [0.2, 0.25) is 0 Å². The number of amides is 1.